The molecule has 0 aliphatic heterocycles. The standard InChI is InChI=1S/C7H9F2N3O/c1-4-3-10-12-5(4)11-6(13)7(2,8)9/h3H,1-2H3,(H2,10,11,12,13). The van der Waals surface area contributed by atoms with Crippen molar-refractivity contribution >= 4 is 11.7 Å². The lowest BCUT2D eigenvalue weighted by Crippen LogP contribution is -2.31. The van der Waals surface area contributed by atoms with Crippen molar-refractivity contribution in [3.8, 4) is 0 Å². The highest BCUT2D eigenvalue weighted by Crippen LogP contribution is 2.16. The lowest BCUT2D eigenvalue weighted by molar-refractivity contribution is -0.137. The molecule has 0 saturated carbocycles. The summed E-state index contributed by atoms with van der Waals surface area (Å²) in [6, 6.07) is 0. The number of nitrogens with one attached hydrogen (secondary N) is 2. The van der Waals surface area contributed by atoms with Gasteiger partial charge in [-0.3, -0.25) is 9.89 Å². The minimum absolute atomic E-state index is 0.200. The van der Waals surface area contributed by atoms with Crippen LogP contribution in [0.15, 0.2) is 6.20 Å². The molecule has 1 aromatic rings. The fourth-order valence-electron chi connectivity index (χ4n) is 0.696. The smallest absolute Gasteiger partial charge is 0.306 e. The Balaban J connectivity index is 2.71. The van der Waals surface area contributed by atoms with Crippen molar-refractivity contribution in [3.63, 3.8) is 0 Å². The Kier molecular flexibility index (Phi) is 2.31. The molecule has 1 rings (SSSR count). The summed E-state index contributed by atoms with van der Waals surface area (Å²) in [7, 11) is 0. The van der Waals surface area contributed by atoms with E-state index in [2.05, 4.69) is 10.2 Å². The summed E-state index contributed by atoms with van der Waals surface area (Å²) in [6.07, 6.45) is 1.43. The number of nitrogens with zero attached hydrogens (tertiary/aromatic N) is 1. The molecule has 4 nitrogen and oxygen atoms in total. The van der Waals surface area contributed by atoms with Gasteiger partial charge in [-0.1, -0.05) is 0 Å². The van der Waals surface area contributed by atoms with E-state index in [0.29, 0.717) is 12.5 Å². The van der Waals surface area contributed by atoms with E-state index in [1.807, 2.05) is 5.32 Å². The number of amides is 1. The highest BCUT2D eigenvalue weighted by molar-refractivity contribution is 5.95. The van der Waals surface area contributed by atoms with Crippen LogP contribution in [-0.4, -0.2) is 22.0 Å². The lowest BCUT2D eigenvalue weighted by atomic mass is 10.3. The second-order valence-corrected chi connectivity index (χ2v) is 2.77. The number of carbonyl (C=O) groups excluding carboxylic acids is 1. The fraction of sp³-hybridized carbons (Fsp3) is 0.429. The number of H-pyrrole nitrogens is 1. The normalized spacial score (nSPS) is 11.4. The van der Waals surface area contributed by atoms with E-state index in [4.69, 9.17) is 0 Å². The van der Waals surface area contributed by atoms with Crippen molar-refractivity contribution in [1.82, 2.24) is 10.2 Å². The number of aromatic nitrogens is 2. The average Bonchev–Trinajstić information content (AvgIpc) is 2.34. The van der Waals surface area contributed by atoms with E-state index in [1.54, 1.807) is 6.92 Å². The molecule has 0 atom stereocenters. The van der Waals surface area contributed by atoms with Gasteiger partial charge >= 0.3 is 5.92 Å². The molecule has 13 heavy (non-hydrogen) atoms. The number of hydrogen-bond acceptors (Lipinski definition) is 2. The second-order valence-electron chi connectivity index (χ2n) is 2.77. The van der Waals surface area contributed by atoms with Gasteiger partial charge < -0.3 is 5.32 Å². The molecule has 0 radical (unpaired) electrons. The highest BCUT2D eigenvalue weighted by Gasteiger charge is 2.32. The molecule has 1 aromatic heterocycles. The Bertz CT molecular complexity index is 316. The van der Waals surface area contributed by atoms with Gasteiger partial charge in [0, 0.05) is 12.5 Å². The van der Waals surface area contributed by atoms with Crippen molar-refractivity contribution in [1.29, 1.82) is 0 Å². The molecule has 1 heterocycles. The van der Waals surface area contributed by atoms with Crippen molar-refractivity contribution < 1.29 is 13.6 Å². The molecule has 1 amide bonds. The van der Waals surface area contributed by atoms with Crippen molar-refractivity contribution in [2.75, 3.05) is 5.32 Å². The first-order chi connectivity index (χ1) is 5.91. The Morgan fingerprint density at radius 1 is 1.69 bits per heavy atom. The Labute approximate surface area is 73.3 Å². The van der Waals surface area contributed by atoms with Crippen LogP contribution >= 0.6 is 0 Å². The van der Waals surface area contributed by atoms with Gasteiger partial charge in [-0.25, -0.2) is 0 Å². The number of halogens is 2. The molecule has 0 aliphatic carbocycles. The number of alkyl halides is 2. The maximum absolute atomic E-state index is 12.4. The Morgan fingerprint density at radius 2 is 2.31 bits per heavy atom. The minimum Gasteiger partial charge on any atom is -0.306 e. The summed E-state index contributed by atoms with van der Waals surface area (Å²) in [5, 5.41) is 7.99. The molecule has 2 N–H and O–H groups in total. The highest BCUT2D eigenvalue weighted by atomic mass is 19.3. The van der Waals surface area contributed by atoms with E-state index in [9.17, 15) is 13.6 Å². The zero-order valence-electron chi connectivity index (χ0n) is 7.19. The van der Waals surface area contributed by atoms with Crippen LogP contribution < -0.4 is 5.32 Å². The predicted molar refractivity (Wildman–Crippen MR) is 42.6 cm³/mol. The van der Waals surface area contributed by atoms with E-state index in [-0.39, 0.29) is 5.82 Å². The Morgan fingerprint density at radius 3 is 2.69 bits per heavy atom. The average molecular weight is 189 g/mol. The van der Waals surface area contributed by atoms with Crippen LogP contribution in [0, 0.1) is 6.92 Å². The molecule has 0 aromatic carbocycles. The zero-order chi connectivity index (χ0) is 10.1. The molecule has 0 saturated heterocycles. The second kappa shape index (κ2) is 3.12. The molecule has 72 valence electrons. The van der Waals surface area contributed by atoms with Crippen molar-refractivity contribution in [3.05, 3.63) is 11.8 Å². The minimum atomic E-state index is -3.38. The predicted octanol–water partition coefficient (Wildman–Crippen LogP) is 1.31. The number of hydrogen-bond donors (Lipinski definition) is 2. The number of aryl methyl sites for hydroxylation is 1. The molecular formula is C7H9F2N3O. The first-order valence-corrected chi connectivity index (χ1v) is 3.60. The number of carbonyl (C=O) groups is 1. The summed E-state index contributed by atoms with van der Waals surface area (Å²) < 4.78 is 24.8. The zero-order valence-corrected chi connectivity index (χ0v) is 7.19. The summed E-state index contributed by atoms with van der Waals surface area (Å²) in [5.74, 6) is -4.52. The van der Waals surface area contributed by atoms with Gasteiger partial charge in [0.25, 0.3) is 5.91 Å². The fourth-order valence-corrected chi connectivity index (χ4v) is 0.696. The van der Waals surface area contributed by atoms with Gasteiger partial charge in [-0.15, -0.1) is 0 Å². The lowest BCUT2D eigenvalue weighted by Gasteiger charge is -2.09. The summed E-state index contributed by atoms with van der Waals surface area (Å²) in [4.78, 5) is 10.8. The SMILES string of the molecule is Cc1cn[nH]c1NC(=O)C(C)(F)F. The van der Waals surface area contributed by atoms with Crippen molar-refractivity contribution in [2.45, 2.75) is 19.8 Å². The molecule has 0 fully saturated rings. The van der Waals surface area contributed by atoms with Crippen LogP contribution in [0.1, 0.15) is 12.5 Å². The van der Waals surface area contributed by atoms with Gasteiger partial charge in [-0.05, 0) is 6.92 Å². The van der Waals surface area contributed by atoms with Gasteiger partial charge in [0.1, 0.15) is 5.82 Å². The molecule has 0 unspecified atom stereocenters. The molecule has 0 bridgehead atoms. The monoisotopic (exact) mass is 189 g/mol. The number of aromatic amines is 1. The summed E-state index contributed by atoms with van der Waals surface area (Å²) >= 11 is 0. The van der Waals surface area contributed by atoms with Crippen LogP contribution in [0.25, 0.3) is 0 Å². The first-order valence-electron chi connectivity index (χ1n) is 3.60. The maximum atomic E-state index is 12.4. The number of rotatable bonds is 2. The molecule has 0 aliphatic rings. The third-order valence-electron chi connectivity index (χ3n) is 1.47. The van der Waals surface area contributed by atoms with E-state index < -0.39 is 11.8 Å². The van der Waals surface area contributed by atoms with Gasteiger partial charge in [-0.2, -0.15) is 13.9 Å². The van der Waals surface area contributed by atoms with Crippen LogP contribution in [0.3, 0.4) is 0 Å². The number of anilines is 1. The van der Waals surface area contributed by atoms with E-state index >= 15 is 0 Å². The largest absolute Gasteiger partial charge is 0.322 e. The van der Waals surface area contributed by atoms with E-state index in [1.165, 1.54) is 6.20 Å². The van der Waals surface area contributed by atoms with Crippen LogP contribution in [0.5, 0.6) is 0 Å². The quantitative estimate of drug-likeness (QED) is 0.736. The topological polar surface area (TPSA) is 57.8 Å². The third kappa shape index (κ3) is 2.24. The molecule has 0 spiro atoms. The van der Waals surface area contributed by atoms with Gasteiger partial charge in [0.05, 0.1) is 6.20 Å². The van der Waals surface area contributed by atoms with Crippen LogP contribution in [-0.2, 0) is 4.79 Å². The first kappa shape index (κ1) is 9.63. The van der Waals surface area contributed by atoms with Crippen LogP contribution in [0.2, 0.25) is 0 Å². The summed E-state index contributed by atoms with van der Waals surface area (Å²) in [5.41, 5.74) is 0.609. The van der Waals surface area contributed by atoms with Gasteiger partial charge in [0.15, 0.2) is 0 Å². The maximum Gasteiger partial charge on any atom is 0.322 e. The molecular weight excluding hydrogens is 180 g/mol. The Hall–Kier alpha value is -1.46. The third-order valence-corrected chi connectivity index (χ3v) is 1.47. The van der Waals surface area contributed by atoms with Crippen molar-refractivity contribution in [2.24, 2.45) is 0 Å². The summed E-state index contributed by atoms with van der Waals surface area (Å²) in [6.45, 7) is 2.18. The van der Waals surface area contributed by atoms with Crippen LogP contribution in [0.4, 0.5) is 14.6 Å². The molecule has 6 heteroatoms. The van der Waals surface area contributed by atoms with E-state index in [0.717, 1.165) is 0 Å². The van der Waals surface area contributed by atoms with Gasteiger partial charge in [0.2, 0.25) is 0 Å².